The maximum Gasteiger partial charge on any atom is 0.127 e. The highest BCUT2D eigenvalue weighted by molar-refractivity contribution is 9.10. The largest absolute Gasteiger partial charge is 0.313 e. The third kappa shape index (κ3) is 3.56. The van der Waals surface area contributed by atoms with Crippen molar-refractivity contribution in [3.63, 3.8) is 0 Å². The fourth-order valence-corrected chi connectivity index (χ4v) is 2.52. The summed E-state index contributed by atoms with van der Waals surface area (Å²) in [6.45, 7) is 0. The molecule has 2 aromatic rings. The van der Waals surface area contributed by atoms with Gasteiger partial charge in [-0.2, -0.15) is 0 Å². The lowest BCUT2D eigenvalue weighted by Gasteiger charge is -2.18. The van der Waals surface area contributed by atoms with Crippen LogP contribution in [0, 0.1) is 5.82 Å². The van der Waals surface area contributed by atoms with E-state index in [4.69, 9.17) is 11.6 Å². The molecular weight excluding hydrogens is 329 g/mol. The molecule has 0 saturated carbocycles. The van der Waals surface area contributed by atoms with Crippen molar-refractivity contribution < 1.29 is 4.39 Å². The second-order valence-electron chi connectivity index (χ2n) is 4.30. The van der Waals surface area contributed by atoms with Gasteiger partial charge in [-0.3, -0.25) is 0 Å². The Labute approximate surface area is 125 Å². The van der Waals surface area contributed by atoms with Crippen LogP contribution in [0.5, 0.6) is 0 Å². The van der Waals surface area contributed by atoms with Gasteiger partial charge in [0.2, 0.25) is 0 Å². The van der Waals surface area contributed by atoms with Crippen LogP contribution in [0.1, 0.15) is 17.2 Å². The molecule has 19 heavy (non-hydrogen) atoms. The molecule has 1 unspecified atom stereocenters. The Morgan fingerprint density at radius 3 is 2.47 bits per heavy atom. The first-order valence-corrected chi connectivity index (χ1v) is 7.14. The topological polar surface area (TPSA) is 12.0 Å². The molecule has 2 aromatic carbocycles. The first-order valence-electron chi connectivity index (χ1n) is 5.97. The zero-order valence-electron chi connectivity index (χ0n) is 10.5. The molecule has 1 atom stereocenters. The van der Waals surface area contributed by atoms with E-state index >= 15 is 0 Å². The molecule has 0 amide bonds. The highest BCUT2D eigenvalue weighted by Crippen LogP contribution is 2.26. The molecule has 0 radical (unpaired) electrons. The van der Waals surface area contributed by atoms with Crippen LogP contribution >= 0.6 is 27.5 Å². The Morgan fingerprint density at radius 1 is 1.21 bits per heavy atom. The smallest absolute Gasteiger partial charge is 0.127 e. The summed E-state index contributed by atoms with van der Waals surface area (Å²) in [5.74, 6) is -0.259. The number of benzene rings is 2. The zero-order chi connectivity index (χ0) is 13.8. The van der Waals surface area contributed by atoms with Crippen LogP contribution in [-0.2, 0) is 6.42 Å². The Kier molecular flexibility index (Phi) is 4.97. The van der Waals surface area contributed by atoms with Crippen LogP contribution in [0.15, 0.2) is 46.9 Å². The molecule has 0 bridgehead atoms. The fraction of sp³-hybridized carbons (Fsp3) is 0.200. The number of rotatable bonds is 4. The highest BCUT2D eigenvalue weighted by Gasteiger charge is 2.15. The maximum atomic E-state index is 13.8. The number of hydrogen-bond donors (Lipinski definition) is 1. The molecule has 0 heterocycles. The second-order valence-corrected chi connectivity index (χ2v) is 5.62. The number of nitrogens with one attached hydrogen (secondary N) is 1. The molecule has 0 fully saturated rings. The van der Waals surface area contributed by atoms with Crippen molar-refractivity contribution in [3.05, 3.63) is 68.9 Å². The summed E-state index contributed by atoms with van der Waals surface area (Å²) in [5.41, 5.74) is 1.65. The van der Waals surface area contributed by atoms with E-state index in [0.717, 1.165) is 10.0 Å². The van der Waals surface area contributed by atoms with E-state index < -0.39 is 0 Å². The average Bonchev–Trinajstić information content (AvgIpc) is 2.40. The predicted octanol–water partition coefficient (Wildman–Crippen LogP) is 4.74. The Morgan fingerprint density at radius 2 is 1.89 bits per heavy atom. The van der Waals surface area contributed by atoms with E-state index in [2.05, 4.69) is 21.2 Å². The summed E-state index contributed by atoms with van der Waals surface area (Å²) >= 11 is 9.47. The van der Waals surface area contributed by atoms with Crippen LogP contribution in [0.2, 0.25) is 5.02 Å². The third-order valence-corrected chi connectivity index (χ3v) is 3.97. The van der Waals surface area contributed by atoms with Gasteiger partial charge < -0.3 is 5.32 Å². The van der Waals surface area contributed by atoms with E-state index in [1.807, 2.05) is 31.3 Å². The van der Waals surface area contributed by atoms with E-state index in [1.165, 1.54) is 6.07 Å². The van der Waals surface area contributed by atoms with Gasteiger partial charge in [0.05, 0.1) is 0 Å². The minimum Gasteiger partial charge on any atom is -0.313 e. The van der Waals surface area contributed by atoms with Gasteiger partial charge in [-0.05, 0) is 43.3 Å². The Bertz CT molecular complexity index is 536. The second kappa shape index (κ2) is 6.51. The van der Waals surface area contributed by atoms with Crippen molar-refractivity contribution >= 4 is 27.5 Å². The fourth-order valence-electron chi connectivity index (χ4n) is 2.01. The molecule has 0 aliphatic carbocycles. The summed E-state index contributed by atoms with van der Waals surface area (Å²) in [4.78, 5) is 0. The lowest BCUT2D eigenvalue weighted by molar-refractivity contribution is 0.554. The van der Waals surface area contributed by atoms with Gasteiger partial charge in [-0.15, -0.1) is 0 Å². The van der Waals surface area contributed by atoms with E-state index in [9.17, 15) is 4.39 Å². The lowest BCUT2D eigenvalue weighted by Crippen LogP contribution is -2.19. The molecule has 0 spiro atoms. The molecule has 0 saturated heterocycles. The molecule has 0 aromatic heterocycles. The van der Waals surface area contributed by atoms with Gasteiger partial charge >= 0.3 is 0 Å². The molecular formula is C15H14BrClFN. The quantitative estimate of drug-likeness (QED) is 0.846. The normalized spacial score (nSPS) is 12.4. The van der Waals surface area contributed by atoms with Gasteiger partial charge in [0.15, 0.2) is 0 Å². The van der Waals surface area contributed by atoms with Crippen molar-refractivity contribution in [2.45, 2.75) is 12.5 Å². The summed E-state index contributed by atoms with van der Waals surface area (Å²) in [5, 5.41) is 3.67. The minimum atomic E-state index is -0.259. The third-order valence-electron chi connectivity index (χ3n) is 3.09. The Balaban J connectivity index is 2.26. The van der Waals surface area contributed by atoms with E-state index in [0.29, 0.717) is 17.0 Å². The first-order chi connectivity index (χ1) is 9.11. The maximum absolute atomic E-state index is 13.8. The van der Waals surface area contributed by atoms with Crippen molar-refractivity contribution in [3.8, 4) is 0 Å². The molecule has 0 aliphatic rings. The van der Waals surface area contributed by atoms with Crippen molar-refractivity contribution in [2.24, 2.45) is 0 Å². The van der Waals surface area contributed by atoms with Crippen molar-refractivity contribution in [1.29, 1.82) is 0 Å². The van der Waals surface area contributed by atoms with Gasteiger partial charge in [0, 0.05) is 21.1 Å². The van der Waals surface area contributed by atoms with Gasteiger partial charge in [0.25, 0.3) is 0 Å². The highest BCUT2D eigenvalue weighted by atomic mass is 79.9. The van der Waals surface area contributed by atoms with Gasteiger partial charge in [-0.1, -0.05) is 45.7 Å². The average molecular weight is 343 g/mol. The van der Waals surface area contributed by atoms with Crippen molar-refractivity contribution in [1.82, 2.24) is 5.32 Å². The predicted molar refractivity (Wildman–Crippen MR) is 81.1 cm³/mol. The number of halogens is 3. The number of likely N-dealkylation sites (N-methyl/N-ethyl adjacent to an activating group) is 1. The summed E-state index contributed by atoms with van der Waals surface area (Å²) < 4.78 is 14.8. The molecule has 4 heteroatoms. The van der Waals surface area contributed by atoms with E-state index in [-0.39, 0.29) is 11.9 Å². The Hall–Kier alpha value is -0.900. The van der Waals surface area contributed by atoms with Gasteiger partial charge in [0.1, 0.15) is 5.82 Å². The van der Waals surface area contributed by atoms with Crippen LogP contribution in [0.25, 0.3) is 0 Å². The SMILES string of the molecule is CNC(Cc1c(F)cccc1Cl)c1ccc(Br)cc1. The molecule has 1 nitrogen and oxygen atoms in total. The summed E-state index contributed by atoms with van der Waals surface area (Å²) in [6, 6.07) is 12.8. The van der Waals surface area contributed by atoms with E-state index in [1.54, 1.807) is 12.1 Å². The van der Waals surface area contributed by atoms with Gasteiger partial charge in [-0.25, -0.2) is 4.39 Å². The first kappa shape index (κ1) is 14.5. The minimum absolute atomic E-state index is 0.0301. The molecule has 100 valence electrons. The summed E-state index contributed by atoms with van der Waals surface area (Å²) in [6.07, 6.45) is 0.517. The van der Waals surface area contributed by atoms with Crippen LogP contribution in [-0.4, -0.2) is 7.05 Å². The molecule has 2 rings (SSSR count). The van der Waals surface area contributed by atoms with Crippen LogP contribution in [0.4, 0.5) is 4.39 Å². The van der Waals surface area contributed by atoms with Crippen molar-refractivity contribution in [2.75, 3.05) is 7.05 Å². The standard InChI is InChI=1S/C15H14BrClFN/c1-19-15(10-5-7-11(16)8-6-10)9-12-13(17)3-2-4-14(12)18/h2-8,15,19H,9H2,1H3. The molecule has 0 aliphatic heterocycles. The monoisotopic (exact) mass is 341 g/mol. The zero-order valence-corrected chi connectivity index (χ0v) is 12.8. The lowest BCUT2D eigenvalue weighted by atomic mass is 9.98. The number of hydrogen-bond acceptors (Lipinski definition) is 1. The molecule has 1 N–H and O–H groups in total. The summed E-state index contributed by atoms with van der Waals surface area (Å²) in [7, 11) is 1.86. The van der Waals surface area contributed by atoms with Crippen LogP contribution < -0.4 is 5.32 Å². The van der Waals surface area contributed by atoms with Crippen LogP contribution in [0.3, 0.4) is 0 Å².